The van der Waals surface area contributed by atoms with Crippen molar-refractivity contribution in [1.82, 2.24) is 14.8 Å². The summed E-state index contributed by atoms with van der Waals surface area (Å²) in [6.07, 6.45) is 0.330. The van der Waals surface area contributed by atoms with Gasteiger partial charge in [0, 0.05) is 49.3 Å². The van der Waals surface area contributed by atoms with Gasteiger partial charge < -0.3 is 19.5 Å². The summed E-state index contributed by atoms with van der Waals surface area (Å²) in [7, 11) is 1.41. The first kappa shape index (κ1) is 24.5. The predicted molar refractivity (Wildman–Crippen MR) is 132 cm³/mol. The van der Waals surface area contributed by atoms with Crippen LogP contribution in [0.2, 0.25) is 0 Å². The van der Waals surface area contributed by atoms with Crippen molar-refractivity contribution < 1.29 is 18.7 Å². The van der Waals surface area contributed by atoms with Gasteiger partial charge in [0.15, 0.2) is 0 Å². The Hall–Kier alpha value is -3.59. The molecule has 0 fully saturated rings. The third-order valence-corrected chi connectivity index (χ3v) is 6.84. The van der Waals surface area contributed by atoms with Crippen molar-refractivity contribution >= 4 is 23.6 Å². The molecule has 7 nitrogen and oxygen atoms in total. The number of hydrogen-bond donors (Lipinski definition) is 1. The molecule has 0 spiro atoms. The summed E-state index contributed by atoms with van der Waals surface area (Å²) in [5.41, 5.74) is 1.12. The van der Waals surface area contributed by atoms with Crippen LogP contribution in [0, 0.1) is 5.82 Å². The van der Waals surface area contributed by atoms with E-state index in [4.69, 9.17) is 4.74 Å². The van der Waals surface area contributed by atoms with E-state index in [1.165, 1.54) is 41.6 Å². The SMILES string of the molecule is COc1cc(=O)n2c(c1C(=O)NCc1cccc(F)c1)CCN(C(=O)CSc1ccccc1)CC2. The van der Waals surface area contributed by atoms with Gasteiger partial charge in [-0.05, 0) is 29.8 Å². The lowest BCUT2D eigenvalue weighted by molar-refractivity contribution is -0.128. The van der Waals surface area contributed by atoms with Gasteiger partial charge in [0.25, 0.3) is 11.5 Å². The number of methoxy groups -OCH3 is 1. The predicted octanol–water partition coefficient (Wildman–Crippen LogP) is 3.10. The zero-order chi connectivity index (χ0) is 24.8. The largest absolute Gasteiger partial charge is 0.496 e. The number of nitrogens with zero attached hydrogens (tertiary/aromatic N) is 2. The summed E-state index contributed by atoms with van der Waals surface area (Å²) >= 11 is 1.47. The Morgan fingerprint density at radius 3 is 2.60 bits per heavy atom. The molecular formula is C26H26FN3O4S. The minimum absolute atomic E-state index is 0.0243. The number of pyridine rings is 1. The van der Waals surface area contributed by atoms with Crippen molar-refractivity contribution in [2.45, 2.75) is 24.4 Å². The van der Waals surface area contributed by atoms with E-state index in [2.05, 4.69) is 5.32 Å². The van der Waals surface area contributed by atoms with Crippen molar-refractivity contribution in [2.24, 2.45) is 0 Å². The molecular weight excluding hydrogens is 469 g/mol. The molecule has 2 aromatic carbocycles. The van der Waals surface area contributed by atoms with E-state index in [0.29, 0.717) is 36.5 Å². The number of hydrogen-bond acceptors (Lipinski definition) is 5. The van der Waals surface area contributed by atoms with Crippen LogP contribution >= 0.6 is 11.8 Å². The number of ether oxygens (including phenoxy) is 1. The fourth-order valence-corrected chi connectivity index (χ4v) is 4.90. The third kappa shape index (κ3) is 5.92. The molecule has 2 amide bonds. The highest BCUT2D eigenvalue weighted by atomic mass is 32.2. The molecule has 3 aromatic rings. The Kier molecular flexibility index (Phi) is 7.87. The van der Waals surface area contributed by atoms with Crippen molar-refractivity contribution in [3.8, 4) is 5.75 Å². The maximum absolute atomic E-state index is 13.5. The third-order valence-electron chi connectivity index (χ3n) is 5.84. The molecule has 0 bridgehead atoms. The number of carbonyl (C=O) groups is 2. The second-order valence-corrected chi connectivity index (χ2v) is 9.12. The molecule has 0 atom stereocenters. The van der Waals surface area contributed by atoms with Crippen LogP contribution in [0.4, 0.5) is 4.39 Å². The summed E-state index contributed by atoms with van der Waals surface area (Å²) < 4.78 is 20.4. The van der Waals surface area contributed by atoms with E-state index in [-0.39, 0.29) is 41.7 Å². The smallest absolute Gasteiger partial charge is 0.257 e. The number of benzene rings is 2. The average Bonchev–Trinajstić information content (AvgIpc) is 3.10. The number of carbonyl (C=O) groups excluding carboxylic acids is 2. The molecule has 0 saturated carbocycles. The maximum atomic E-state index is 13.5. The van der Waals surface area contributed by atoms with Gasteiger partial charge in [-0.25, -0.2) is 4.39 Å². The number of thioether (sulfide) groups is 1. The number of rotatable bonds is 7. The van der Waals surface area contributed by atoms with Gasteiger partial charge in [-0.15, -0.1) is 11.8 Å². The monoisotopic (exact) mass is 495 g/mol. The lowest BCUT2D eigenvalue weighted by Crippen LogP contribution is -2.35. The quantitative estimate of drug-likeness (QED) is 0.510. The highest BCUT2D eigenvalue weighted by Gasteiger charge is 2.26. The van der Waals surface area contributed by atoms with Crippen LogP contribution in [0.25, 0.3) is 0 Å². The molecule has 1 N–H and O–H groups in total. The van der Waals surface area contributed by atoms with Crippen molar-refractivity contribution in [3.63, 3.8) is 0 Å². The van der Waals surface area contributed by atoms with Gasteiger partial charge >= 0.3 is 0 Å². The van der Waals surface area contributed by atoms with Crippen molar-refractivity contribution in [1.29, 1.82) is 0 Å². The van der Waals surface area contributed by atoms with Crippen LogP contribution in [0.3, 0.4) is 0 Å². The number of fused-ring (bicyclic) bond motifs is 1. The Morgan fingerprint density at radius 2 is 1.86 bits per heavy atom. The molecule has 1 aliphatic rings. The number of halogens is 1. The normalized spacial score (nSPS) is 13.0. The first-order chi connectivity index (χ1) is 17.0. The molecule has 1 aliphatic heterocycles. The Bertz CT molecular complexity index is 1280. The Morgan fingerprint density at radius 1 is 1.06 bits per heavy atom. The van der Waals surface area contributed by atoms with Crippen LogP contribution in [-0.2, 0) is 24.3 Å². The molecule has 9 heteroatoms. The number of nitrogens with one attached hydrogen (secondary N) is 1. The van der Waals surface area contributed by atoms with Crippen LogP contribution in [0.1, 0.15) is 21.6 Å². The Balaban J connectivity index is 1.51. The van der Waals surface area contributed by atoms with Gasteiger partial charge in [0.05, 0.1) is 12.9 Å². The molecule has 0 radical (unpaired) electrons. The number of amides is 2. The fourth-order valence-electron chi connectivity index (χ4n) is 4.07. The fraction of sp³-hybridized carbons (Fsp3) is 0.269. The van der Waals surface area contributed by atoms with Crippen LogP contribution in [-0.4, -0.2) is 47.2 Å². The first-order valence-electron chi connectivity index (χ1n) is 11.2. The van der Waals surface area contributed by atoms with Gasteiger partial charge in [-0.1, -0.05) is 30.3 Å². The second-order valence-electron chi connectivity index (χ2n) is 8.07. The van der Waals surface area contributed by atoms with E-state index in [1.807, 2.05) is 30.3 Å². The van der Waals surface area contributed by atoms with Gasteiger partial charge in [-0.2, -0.15) is 0 Å². The molecule has 35 heavy (non-hydrogen) atoms. The van der Waals surface area contributed by atoms with Gasteiger partial charge in [0.1, 0.15) is 17.1 Å². The molecule has 0 aliphatic carbocycles. The molecule has 0 saturated heterocycles. The lowest BCUT2D eigenvalue weighted by atomic mass is 10.1. The minimum atomic E-state index is -0.422. The highest BCUT2D eigenvalue weighted by molar-refractivity contribution is 8.00. The molecule has 182 valence electrons. The lowest BCUT2D eigenvalue weighted by Gasteiger charge is -2.19. The summed E-state index contributed by atoms with van der Waals surface area (Å²) in [5.74, 6) is -0.361. The molecule has 0 unspecified atom stereocenters. The first-order valence-corrected chi connectivity index (χ1v) is 12.2. The summed E-state index contributed by atoms with van der Waals surface area (Å²) in [5, 5.41) is 2.79. The number of aromatic nitrogens is 1. The molecule has 2 heterocycles. The Labute approximate surface area is 206 Å². The van der Waals surface area contributed by atoms with Crippen LogP contribution < -0.4 is 15.6 Å². The van der Waals surface area contributed by atoms with Crippen LogP contribution in [0.15, 0.2) is 70.4 Å². The summed E-state index contributed by atoms with van der Waals surface area (Å²) in [6.45, 7) is 1.16. The zero-order valence-corrected chi connectivity index (χ0v) is 20.1. The van der Waals surface area contributed by atoms with Gasteiger partial charge in [0.2, 0.25) is 5.91 Å². The van der Waals surface area contributed by atoms with E-state index < -0.39 is 5.91 Å². The van der Waals surface area contributed by atoms with E-state index in [9.17, 15) is 18.8 Å². The van der Waals surface area contributed by atoms with E-state index in [0.717, 1.165) is 4.90 Å². The summed E-state index contributed by atoms with van der Waals surface area (Å²) in [6, 6.07) is 17.0. The average molecular weight is 496 g/mol. The minimum Gasteiger partial charge on any atom is -0.496 e. The van der Waals surface area contributed by atoms with Crippen molar-refractivity contribution in [2.75, 3.05) is 26.0 Å². The second kappa shape index (κ2) is 11.2. The molecule has 4 rings (SSSR count). The summed E-state index contributed by atoms with van der Waals surface area (Å²) in [4.78, 5) is 41.6. The maximum Gasteiger partial charge on any atom is 0.257 e. The topological polar surface area (TPSA) is 80.6 Å². The molecule has 1 aromatic heterocycles. The zero-order valence-electron chi connectivity index (χ0n) is 19.3. The highest BCUT2D eigenvalue weighted by Crippen LogP contribution is 2.24. The van der Waals surface area contributed by atoms with E-state index in [1.54, 1.807) is 17.0 Å². The standard InChI is InChI=1S/C26H26FN3O4S/c1-34-22-15-23(31)30-13-12-29(24(32)17-35-20-8-3-2-4-9-20)11-10-21(30)25(22)26(33)28-16-18-6-5-7-19(27)14-18/h2-9,14-15H,10-13,16-17H2,1H3,(H,28,33). The van der Waals surface area contributed by atoms with Crippen LogP contribution in [0.5, 0.6) is 5.75 Å². The van der Waals surface area contributed by atoms with Gasteiger partial charge in [-0.3, -0.25) is 14.4 Å². The van der Waals surface area contributed by atoms with E-state index >= 15 is 0 Å². The van der Waals surface area contributed by atoms with Crippen molar-refractivity contribution in [3.05, 3.63) is 93.7 Å².